The van der Waals surface area contributed by atoms with Gasteiger partial charge in [-0.05, 0) is 50.9 Å². The standard InChI is InChI=1S/C39H72O4/c1-4-5-6-7-8-9-10-11-12-13-17-20-23-26-29-34-38(41)43-39(42)37(33-30-35-40)32-28-25-22-19-16-14-15-18-21-24-27-31-36(2)3/h11-12,35-37H,4-10,13-34H2,1-3H3. The quantitative estimate of drug-likeness (QED) is 0.0246. The fraction of sp³-hybridized carbons (Fsp3) is 0.872. The molecule has 1 unspecified atom stereocenters. The van der Waals surface area contributed by atoms with Gasteiger partial charge in [-0.25, -0.2) is 0 Å². The van der Waals surface area contributed by atoms with E-state index in [0.29, 0.717) is 25.7 Å². The summed E-state index contributed by atoms with van der Waals surface area (Å²) in [4.78, 5) is 35.8. The minimum atomic E-state index is -0.423. The topological polar surface area (TPSA) is 60.4 Å². The summed E-state index contributed by atoms with van der Waals surface area (Å²) in [5, 5.41) is 0. The largest absolute Gasteiger partial charge is 0.393 e. The van der Waals surface area contributed by atoms with Crippen LogP contribution in [0.5, 0.6) is 0 Å². The van der Waals surface area contributed by atoms with Crippen molar-refractivity contribution in [3.63, 3.8) is 0 Å². The third kappa shape index (κ3) is 31.8. The first kappa shape index (κ1) is 41.5. The van der Waals surface area contributed by atoms with Gasteiger partial charge in [0.1, 0.15) is 6.29 Å². The van der Waals surface area contributed by atoms with Crippen LogP contribution in [-0.4, -0.2) is 18.2 Å². The van der Waals surface area contributed by atoms with Crippen LogP contribution in [-0.2, 0) is 19.1 Å². The van der Waals surface area contributed by atoms with Crippen molar-refractivity contribution in [3.05, 3.63) is 12.2 Å². The number of unbranched alkanes of at least 4 members (excludes halogenated alkanes) is 21. The zero-order chi connectivity index (χ0) is 31.6. The first-order valence-corrected chi connectivity index (χ1v) is 18.8. The van der Waals surface area contributed by atoms with E-state index in [2.05, 4.69) is 32.9 Å². The fourth-order valence-electron chi connectivity index (χ4n) is 5.77. The summed E-state index contributed by atoms with van der Waals surface area (Å²) in [6.07, 6.45) is 38.5. The van der Waals surface area contributed by atoms with Crippen LogP contribution >= 0.6 is 0 Å². The molecule has 0 N–H and O–H groups in total. The van der Waals surface area contributed by atoms with E-state index >= 15 is 0 Å². The van der Waals surface area contributed by atoms with Crippen LogP contribution in [0.3, 0.4) is 0 Å². The highest BCUT2D eigenvalue weighted by Crippen LogP contribution is 2.20. The second kappa shape index (κ2) is 33.4. The zero-order valence-corrected chi connectivity index (χ0v) is 29.0. The lowest BCUT2D eigenvalue weighted by molar-refractivity contribution is -0.163. The lowest BCUT2D eigenvalue weighted by atomic mass is 9.95. The molecule has 0 fully saturated rings. The summed E-state index contributed by atoms with van der Waals surface area (Å²) < 4.78 is 5.19. The normalized spacial score (nSPS) is 12.3. The lowest BCUT2D eigenvalue weighted by Gasteiger charge is -2.14. The predicted molar refractivity (Wildman–Crippen MR) is 184 cm³/mol. The van der Waals surface area contributed by atoms with Crippen molar-refractivity contribution in [2.75, 3.05) is 0 Å². The van der Waals surface area contributed by atoms with Gasteiger partial charge in [0.15, 0.2) is 0 Å². The number of ether oxygens (including phenoxy) is 1. The summed E-state index contributed by atoms with van der Waals surface area (Å²) in [5.74, 6) is -0.328. The molecule has 0 spiro atoms. The maximum Gasteiger partial charge on any atom is 0.316 e. The van der Waals surface area contributed by atoms with Crippen molar-refractivity contribution < 1.29 is 19.1 Å². The Bertz CT molecular complexity index is 654. The molecule has 0 bridgehead atoms. The monoisotopic (exact) mass is 605 g/mol. The molecule has 0 aromatic rings. The molecule has 4 heteroatoms. The Hall–Kier alpha value is -1.45. The van der Waals surface area contributed by atoms with E-state index in [0.717, 1.165) is 50.7 Å². The van der Waals surface area contributed by atoms with E-state index in [9.17, 15) is 14.4 Å². The van der Waals surface area contributed by atoms with Gasteiger partial charge in [0.25, 0.3) is 0 Å². The van der Waals surface area contributed by atoms with Crippen molar-refractivity contribution in [2.45, 2.75) is 207 Å². The highest BCUT2D eigenvalue weighted by molar-refractivity contribution is 5.86. The van der Waals surface area contributed by atoms with E-state index in [-0.39, 0.29) is 5.92 Å². The zero-order valence-electron chi connectivity index (χ0n) is 29.0. The second-order valence-electron chi connectivity index (χ2n) is 13.4. The Balaban J connectivity index is 3.79. The van der Waals surface area contributed by atoms with Gasteiger partial charge in [0, 0.05) is 12.8 Å². The van der Waals surface area contributed by atoms with Gasteiger partial charge in [-0.1, -0.05) is 161 Å². The number of hydrogen-bond acceptors (Lipinski definition) is 4. The van der Waals surface area contributed by atoms with Crippen LogP contribution in [0.4, 0.5) is 0 Å². The number of carbonyl (C=O) groups is 3. The Kier molecular flexibility index (Phi) is 32.3. The van der Waals surface area contributed by atoms with Crippen LogP contribution in [0.15, 0.2) is 12.2 Å². The summed E-state index contributed by atoms with van der Waals surface area (Å²) >= 11 is 0. The summed E-state index contributed by atoms with van der Waals surface area (Å²) in [7, 11) is 0. The molecular formula is C39H72O4. The molecule has 43 heavy (non-hydrogen) atoms. The van der Waals surface area contributed by atoms with E-state index in [1.165, 1.54) is 122 Å². The van der Waals surface area contributed by atoms with E-state index in [1.807, 2.05) is 0 Å². The van der Waals surface area contributed by atoms with Gasteiger partial charge >= 0.3 is 11.9 Å². The van der Waals surface area contributed by atoms with Gasteiger partial charge in [0.2, 0.25) is 0 Å². The van der Waals surface area contributed by atoms with Crippen molar-refractivity contribution in [3.8, 4) is 0 Å². The molecule has 0 heterocycles. The Morgan fingerprint density at radius 2 is 0.977 bits per heavy atom. The number of hydrogen-bond donors (Lipinski definition) is 0. The molecule has 0 aliphatic heterocycles. The van der Waals surface area contributed by atoms with Crippen molar-refractivity contribution in [2.24, 2.45) is 11.8 Å². The molecular weight excluding hydrogens is 532 g/mol. The van der Waals surface area contributed by atoms with Crippen molar-refractivity contribution in [1.82, 2.24) is 0 Å². The molecule has 252 valence electrons. The third-order valence-electron chi connectivity index (χ3n) is 8.66. The molecule has 0 saturated heterocycles. The predicted octanol–water partition coefficient (Wildman–Crippen LogP) is 12.4. The number of rotatable bonds is 33. The lowest BCUT2D eigenvalue weighted by Crippen LogP contribution is -2.21. The molecule has 0 saturated carbocycles. The summed E-state index contributed by atoms with van der Waals surface area (Å²) in [5.41, 5.74) is 0. The van der Waals surface area contributed by atoms with Crippen LogP contribution in [0, 0.1) is 11.8 Å². The first-order valence-electron chi connectivity index (χ1n) is 18.8. The van der Waals surface area contributed by atoms with Crippen molar-refractivity contribution in [1.29, 1.82) is 0 Å². The van der Waals surface area contributed by atoms with Crippen LogP contribution < -0.4 is 0 Å². The van der Waals surface area contributed by atoms with Gasteiger partial charge in [-0.15, -0.1) is 0 Å². The second-order valence-corrected chi connectivity index (χ2v) is 13.4. The highest BCUT2D eigenvalue weighted by atomic mass is 16.6. The Morgan fingerprint density at radius 1 is 0.535 bits per heavy atom. The average molecular weight is 605 g/mol. The molecule has 0 radical (unpaired) electrons. The number of allylic oxidation sites excluding steroid dienone is 2. The SMILES string of the molecule is CCCCCCCCC=CCCCCCCCC(=O)OC(=O)C(CCC=O)CCCCCCCCCCCCCC(C)C. The average Bonchev–Trinajstić information content (AvgIpc) is 2.98. The van der Waals surface area contributed by atoms with Gasteiger partial charge < -0.3 is 9.53 Å². The molecule has 4 nitrogen and oxygen atoms in total. The molecule has 1 atom stereocenters. The van der Waals surface area contributed by atoms with Crippen LogP contribution in [0.25, 0.3) is 0 Å². The van der Waals surface area contributed by atoms with Gasteiger partial charge in [-0.3, -0.25) is 9.59 Å². The minimum absolute atomic E-state index is 0.308. The molecule has 0 rings (SSSR count). The van der Waals surface area contributed by atoms with E-state index in [4.69, 9.17) is 4.74 Å². The number of aldehydes is 1. The Morgan fingerprint density at radius 3 is 1.47 bits per heavy atom. The minimum Gasteiger partial charge on any atom is -0.393 e. The maximum absolute atomic E-state index is 12.6. The van der Waals surface area contributed by atoms with Crippen molar-refractivity contribution >= 4 is 18.2 Å². The maximum atomic E-state index is 12.6. The molecule has 0 aliphatic rings. The number of carbonyl (C=O) groups excluding carboxylic acids is 3. The summed E-state index contributed by atoms with van der Waals surface area (Å²) in [6, 6.07) is 0. The summed E-state index contributed by atoms with van der Waals surface area (Å²) in [6.45, 7) is 6.87. The van der Waals surface area contributed by atoms with E-state index < -0.39 is 11.9 Å². The molecule has 0 aromatic carbocycles. The Labute approximate surface area is 268 Å². The molecule has 0 aliphatic carbocycles. The smallest absolute Gasteiger partial charge is 0.316 e. The molecule has 0 amide bonds. The third-order valence-corrected chi connectivity index (χ3v) is 8.66. The number of esters is 2. The van der Waals surface area contributed by atoms with Gasteiger partial charge in [-0.2, -0.15) is 0 Å². The fourth-order valence-corrected chi connectivity index (χ4v) is 5.77. The highest BCUT2D eigenvalue weighted by Gasteiger charge is 2.22. The van der Waals surface area contributed by atoms with Crippen LogP contribution in [0.2, 0.25) is 0 Å². The van der Waals surface area contributed by atoms with E-state index in [1.54, 1.807) is 0 Å². The van der Waals surface area contributed by atoms with Crippen LogP contribution in [0.1, 0.15) is 207 Å². The molecule has 0 aromatic heterocycles. The van der Waals surface area contributed by atoms with Gasteiger partial charge in [0.05, 0.1) is 5.92 Å². The first-order chi connectivity index (χ1) is 21.0.